The summed E-state index contributed by atoms with van der Waals surface area (Å²) in [5, 5.41) is -0.370. The van der Waals surface area contributed by atoms with Gasteiger partial charge in [-0.2, -0.15) is 0 Å². The molecule has 1 saturated heterocycles. The molecule has 31 heavy (non-hydrogen) atoms. The maximum atomic E-state index is 14.0. The zero-order chi connectivity index (χ0) is 22.5. The highest BCUT2D eigenvalue weighted by Gasteiger charge is 2.37. The van der Waals surface area contributed by atoms with Gasteiger partial charge in [0, 0.05) is 23.8 Å². The molecular weight excluding hydrogens is 411 g/mol. The molecule has 0 aliphatic carbocycles. The van der Waals surface area contributed by atoms with Gasteiger partial charge < -0.3 is 4.90 Å². The minimum atomic E-state index is -0.419. The number of thioether (sulfide) groups is 1. The normalized spacial score (nSPS) is 21.7. The van der Waals surface area contributed by atoms with Crippen LogP contribution in [0.25, 0.3) is 6.08 Å². The fourth-order valence-electron chi connectivity index (χ4n) is 4.46. The number of imide groups is 1. The van der Waals surface area contributed by atoms with Crippen LogP contribution in [-0.2, 0) is 11.3 Å². The first-order valence-corrected chi connectivity index (χ1v) is 11.3. The number of anilines is 1. The molecule has 4 rings (SSSR count). The highest BCUT2D eigenvalue weighted by molar-refractivity contribution is 8.18. The Labute approximate surface area is 187 Å². The highest BCUT2D eigenvalue weighted by atomic mass is 32.2. The summed E-state index contributed by atoms with van der Waals surface area (Å²) in [6, 6.07) is 10.5. The van der Waals surface area contributed by atoms with E-state index in [1.165, 1.54) is 17.3 Å². The van der Waals surface area contributed by atoms with Gasteiger partial charge in [0.25, 0.3) is 11.1 Å². The van der Waals surface area contributed by atoms with Crippen LogP contribution >= 0.6 is 11.8 Å². The Hall–Kier alpha value is -2.60. The summed E-state index contributed by atoms with van der Waals surface area (Å²) in [6.45, 7) is 8.70. The maximum Gasteiger partial charge on any atom is 0.293 e. The van der Waals surface area contributed by atoms with E-state index in [9.17, 15) is 14.0 Å². The zero-order valence-corrected chi connectivity index (χ0v) is 19.3. The molecule has 0 bridgehead atoms. The molecule has 6 heteroatoms. The Kier molecular flexibility index (Phi) is 5.46. The SMILES string of the molecule is Cc1cc2c(cc1/C=C1\SC(=O)N(Cc3ccccc3F)C1=O)[C@@H](C)CC(C)(C)N2C. The van der Waals surface area contributed by atoms with Crippen molar-refractivity contribution >= 4 is 34.7 Å². The van der Waals surface area contributed by atoms with E-state index >= 15 is 0 Å². The van der Waals surface area contributed by atoms with E-state index in [1.807, 2.05) is 6.92 Å². The Balaban J connectivity index is 1.65. The quantitative estimate of drug-likeness (QED) is 0.544. The number of hydrogen-bond donors (Lipinski definition) is 0. The second-order valence-corrected chi connectivity index (χ2v) is 10.1. The third-order valence-electron chi connectivity index (χ3n) is 6.47. The van der Waals surface area contributed by atoms with Crippen LogP contribution in [0, 0.1) is 12.7 Å². The summed E-state index contributed by atoms with van der Waals surface area (Å²) in [4.78, 5) is 29.2. The lowest BCUT2D eigenvalue weighted by Crippen LogP contribution is -2.45. The Morgan fingerprint density at radius 2 is 1.94 bits per heavy atom. The molecule has 0 saturated carbocycles. The van der Waals surface area contributed by atoms with Crippen molar-refractivity contribution in [1.82, 2.24) is 4.90 Å². The van der Waals surface area contributed by atoms with Crippen molar-refractivity contribution in [2.45, 2.75) is 52.1 Å². The molecule has 4 nitrogen and oxygen atoms in total. The highest BCUT2D eigenvalue weighted by Crippen LogP contribution is 2.44. The van der Waals surface area contributed by atoms with Crippen molar-refractivity contribution in [3.63, 3.8) is 0 Å². The maximum absolute atomic E-state index is 14.0. The van der Waals surface area contributed by atoms with Gasteiger partial charge in [-0.25, -0.2) is 4.39 Å². The molecule has 0 unspecified atom stereocenters. The molecule has 2 amide bonds. The monoisotopic (exact) mass is 438 g/mol. The van der Waals surface area contributed by atoms with E-state index < -0.39 is 5.82 Å². The fraction of sp³-hybridized carbons (Fsp3) is 0.360. The van der Waals surface area contributed by atoms with Crippen molar-refractivity contribution in [2.75, 3.05) is 11.9 Å². The molecule has 162 valence electrons. The number of rotatable bonds is 3. The van der Waals surface area contributed by atoms with Crippen LogP contribution in [0.2, 0.25) is 0 Å². The summed E-state index contributed by atoms with van der Waals surface area (Å²) in [5.41, 5.74) is 4.87. The first-order chi connectivity index (χ1) is 14.6. The molecule has 2 aromatic rings. The van der Waals surface area contributed by atoms with E-state index in [0.717, 1.165) is 34.2 Å². The van der Waals surface area contributed by atoms with Gasteiger partial charge in [-0.15, -0.1) is 0 Å². The lowest BCUT2D eigenvalue weighted by molar-refractivity contribution is -0.123. The van der Waals surface area contributed by atoms with E-state index in [-0.39, 0.29) is 23.2 Å². The summed E-state index contributed by atoms with van der Waals surface area (Å²) in [6.07, 6.45) is 2.84. The molecule has 0 aromatic heterocycles. The number of fused-ring (bicyclic) bond motifs is 1. The number of hydrogen-bond acceptors (Lipinski definition) is 4. The van der Waals surface area contributed by atoms with Crippen LogP contribution < -0.4 is 4.90 Å². The third-order valence-corrected chi connectivity index (χ3v) is 7.38. The number of nitrogens with zero attached hydrogens (tertiary/aromatic N) is 2. The van der Waals surface area contributed by atoms with Gasteiger partial charge in [0.15, 0.2) is 0 Å². The van der Waals surface area contributed by atoms with E-state index in [1.54, 1.807) is 24.3 Å². The van der Waals surface area contributed by atoms with Crippen LogP contribution in [0.3, 0.4) is 0 Å². The minimum absolute atomic E-state index is 0.0608. The van der Waals surface area contributed by atoms with Gasteiger partial charge in [0.2, 0.25) is 0 Å². The number of benzene rings is 2. The van der Waals surface area contributed by atoms with Gasteiger partial charge in [-0.1, -0.05) is 25.1 Å². The predicted molar refractivity (Wildman–Crippen MR) is 125 cm³/mol. The van der Waals surface area contributed by atoms with Crippen molar-refractivity contribution in [3.8, 4) is 0 Å². The zero-order valence-electron chi connectivity index (χ0n) is 18.5. The average molecular weight is 439 g/mol. The van der Waals surface area contributed by atoms with Crippen molar-refractivity contribution in [2.24, 2.45) is 0 Å². The van der Waals surface area contributed by atoms with Crippen LogP contribution in [-0.4, -0.2) is 28.6 Å². The average Bonchev–Trinajstić information content (AvgIpc) is 2.96. The molecular formula is C25H27FN2O2S. The number of amides is 2. The van der Waals surface area contributed by atoms with Crippen molar-refractivity contribution in [1.29, 1.82) is 0 Å². The number of aryl methyl sites for hydroxylation is 1. The second kappa shape index (κ2) is 7.83. The molecule has 2 heterocycles. The summed E-state index contributed by atoms with van der Waals surface area (Å²) < 4.78 is 14.0. The molecule has 2 aromatic carbocycles. The summed E-state index contributed by atoms with van der Waals surface area (Å²) >= 11 is 0.915. The first-order valence-electron chi connectivity index (χ1n) is 10.5. The standard InChI is InChI=1S/C25H27FN2O2S/c1-15-10-21-19(16(2)13-25(3,4)27(21)5)11-18(15)12-22-23(29)28(24(30)31-22)14-17-8-6-7-9-20(17)26/h6-12,16H,13-14H2,1-5H3/b22-12-/t16-/m0/s1. The molecule has 1 fully saturated rings. The largest absolute Gasteiger partial charge is 0.369 e. The lowest BCUT2D eigenvalue weighted by Gasteiger charge is -2.45. The lowest BCUT2D eigenvalue weighted by atomic mass is 9.79. The van der Waals surface area contributed by atoms with Crippen LogP contribution in [0.4, 0.5) is 14.9 Å². The van der Waals surface area contributed by atoms with Crippen LogP contribution in [0.15, 0.2) is 41.3 Å². The molecule has 0 N–H and O–H groups in total. The minimum Gasteiger partial charge on any atom is -0.369 e. The summed E-state index contributed by atoms with van der Waals surface area (Å²) in [7, 11) is 2.12. The molecule has 2 aliphatic rings. The van der Waals surface area contributed by atoms with Gasteiger partial charge >= 0.3 is 0 Å². The van der Waals surface area contributed by atoms with Gasteiger partial charge in [-0.05, 0) is 85.8 Å². The van der Waals surface area contributed by atoms with Crippen LogP contribution in [0.1, 0.15) is 55.4 Å². The Bertz CT molecular complexity index is 1110. The Morgan fingerprint density at radius 3 is 2.65 bits per heavy atom. The first kappa shape index (κ1) is 21.6. The second-order valence-electron chi connectivity index (χ2n) is 9.10. The van der Waals surface area contributed by atoms with E-state index in [2.05, 4.69) is 44.9 Å². The van der Waals surface area contributed by atoms with Gasteiger partial charge in [0.05, 0.1) is 11.4 Å². The number of carbonyl (C=O) groups is 2. The number of halogens is 1. The van der Waals surface area contributed by atoms with Gasteiger partial charge in [-0.3, -0.25) is 14.5 Å². The topological polar surface area (TPSA) is 40.6 Å². The summed E-state index contributed by atoms with van der Waals surface area (Å²) in [5.74, 6) is -0.399. The predicted octanol–water partition coefficient (Wildman–Crippen LogP) is 6.09. The fourth-order valence-corrected chi connectivity index (χ4v) is 5.29. The van der Waals surface area contributed by atoms with Gasteiger partial charge in [0.1, 0.15) is 5.82 Å². The molecule has 2 aliphatic heterocycles. The third kappa shape index (κ3) is 3.89. The van der Waals surface area contributed by atoms with Crippen LogP contribution in [0.5, 0.6) is 0 Å². The van der Waals surface area contributed by atoms with Crippen molar-refractivity contribution in [3.05, 3.63) is 69.4 Å². The molecule has 0 radical (unpaired) electrons. The smallest absolute Gasteiger partial charge is 0.293 e. The Morgan fingerprint density at radius 1 is 1.23 bits per heavy atom. The number of carbonyl (C=O) groups excluding carboxylic acids is 2. The van der Waals surface area contributed by atoms with E-state index in [4.69, 9.17) is 0 Å². The van der Waals surface area contributed by atoms with E-state index in [0.29, 0.717) is 16.4 Å². The molecule has 0 spiro atoms. The molecule has 1 atom stereocenters. The van der Waals surface area contributed by atoms with Crippen molar-refractivity contribution < 1.29 is 14.0 Å².